The highest BCUT2D eigenvalue weighted by molar-refractivity contribution is 5.64. The van der Waals surface area contributed by atoms with E-state index in [1.807, 2.05) is 26.0 Å². The van der Waals surface area contributed by atoms with E-state index in [1.165, 1.54) is 18.2 Å². The lowest BCUT2D eigenvalue weighted by Gasteiger charge is -2.37. The lowest BCUT2D eigenvalue weighted by atomic mass is 9.66. The Bertz CT molecular complexity index is 1440. The minimum absolute atomic E-state index is 0.145. The molecule has 4 aromatic rings. The summed E-state index contributed by atoms with van der Waals surface area (Å²) < 4.78 is 30.6. The molecule has 2 aliphatic carbocycles. The SMILES string of the molecule is CC(C)c1ncn(-c2nccc([C@]34CC[C@@H](c5cc(-c6c(F)cccc6F)nnc53)C4(C)C)n2)n1. The lowest BCUT2D eigenvalue weighted by Crippen LogP contribution is -2.38. The van der Waals surface area contributed by atoms with Gasteiger partial charge in [0.25, 0.3) is 5.95 Å². The fourth-order valence-corrected chi connectivity index (χ4v) is 6.09. The van der Waals surface area contributed by atoms with Crippen molar-refractivity contribution in [2.45, 2.75) is 57.8 Å². The number of hydrogen-bond acceptors (Lipinski definition) is 6. The molecular formula is C26H25F2N7. The Balaban J connectivity index is 1.49. The molecule has 0 aliphatic heterocycles. The van der Waals surface area contributed by atoms with E-state index in [2.05, 4.69) is 39.1 Å². The molecule has 1 fully saturated rings. The molecule has 0 N–H and O–H groups in total. The van der Waals surface area contributed by atoms with Crippen LogP contribution in [0.4, 0.5) is 8.78 Å². The van der Waals surface area contributed by atoms with Crippen molar-refractivity contribution in [3.63, 3.8) is 0 Å². The topological polar surface area (TPSA) is 82.3 Å². The molecule has 6 rings (SSSR count). The Labute approximate surface area is 201 Å². The van der Waals surface area contributed by atoms with E-state index in [0.717, 1.165) is 35.6 Å². The van der Waals surface area contributed by atoms with Crippen LogP contribution in [-0.2, 0) is 5.41 Å². The fraction of sp³-hybridized carbons (Fsp3) is 0.385. The van der Waals surface area contributed by atoms with Crippen molar-refractivity contribution in [3.05, 3.63) is 77.3 Å². The molecule has 0 radical (unpaired) electrons. The van der Waals surface area contributed by atoms with Crippen LogP contribution in [0.1, 0.15) is 75.1 Å². The maximum Gasteiger partial charge on any atom is 0.252 e. The summed E-state index contributed by atoms with van der Waals surface area (Å²) >= 11 is 0. The molecule has 1 aromatic carbocycles. The van der Waals surface area contributed by atoms with Gasteiger partial charge in [0.2, 0.25) is 0 Å². The Morgan fingerprint density at radius 1 is 1.06 bits per heavy atom. The maximum atomic E-state index is 14.5. The number of aromatic nitrogens is 7. The van der Waals surface area contributed by atoms with E-state index in [9.17, 15) is 8.78 Å². The van der Waals surface area contributed by atoms with Crippen molar-refractivity contribution in [1.29, 1.82) is 0 Å². The number of fused-ring (bicyclic) bond motifs is 5. The minimum atomic E-state index is -0.648. The standard InChI is InChI=1S/C26H25F2N7/c1-14(2)23-30-13-35(34-23)24-29-11-9-20(31-24)26-10-8-16(25(26,3)4)15-12-19(32-33-22(15)26)21-17(27)6-5-7-18(21)28/h5-7,9,11-14,16H,8,10H2,1-4H3/t16-,26+/m0/s1. The van der Waals surface area contributed by atoms with Crippen LogP contribution in [0, 0.1) is 17.0 Å². The first-order valence-electron chi connectivity index (χ1n) is 11.8. The van der Waals surface area contributed by atoms with Gasteiger partial charge in [0.05, 0.1) is 28.1 Å². The van der Waals surface area contributed by atoms with Crippen molar-refractivity contribution in [1.82, 2.24) is 34.9 Å². The zero-order valence-corrected chi connectivity index (χ0v) is 20.0. The molecule has 2 bridgehead atoms. The number of hydrogen-bond donors (Lipinski definition) is 0. The van der Waals surface area contributed by atoms with Crippen molar-refractivity contribution in [3.8, 4) is 17.2 Å². The Morgan fingerprint density at radius 3 is 2.54 bits per heavy atom. The van der Waals surface area contributed by atoms with Crippen LogP contribution in [0.25, 0.3) is 17.2 Å². The zero-order chi connectivity index (χ0) is 24.5. The summed E-state index contributed by atoms with van der Waals surface area (Å²) in [5.74, 6) is 0.234. The Morgan fingerprint density at radius 2 is 1.83 bits per heavy atom. The van der Waals surface area contributed by atoms with E-state index in [1.54, 1.807) is 17.2 Å². The molecule has 178 valence electrons. The van der Waals surface area contributed by atoms with Gasteiger partial charge in [-0.3, -0.25) is 0 Å². The summed E-state index contributed by atoms with van der Waals surface area (Å²) in [6.45, 7) is 8.49. The minimum Gasteiger partial charge on any atom is -0.220 e. The van der Waals surface area contributed by atoms with Gasteiger partial charge in [-0.2, -0.15) is 9.78 Å². The van der Waals surface area contributed by atoms with Crippen LogP contribution >= 0.6 is 0 Å². The van der Waals surface area contributed by atoms with Gasteiger partial charge in [-0.15, -0.1) is 10.2 Å². The molecule has 7 nitrogen and oxygen atoms in total. The molecule has 0 spiro atoms. The predicted octanol–water partition coefficient (Wildman–Crippen LogP) is 5.12. The second-order valence-electron chi connectivity index (χ2n) is 10.3. The second kappa shape index (κ2) is 7.44. The molecule has 1 saturated carbocycles. The first-order valence-corrected chi connectivity index (χ1v) is 11.8. The number of halogens is 2. The highest BCUT2D eigenvalue weighted by Crippen LogP contribution is 2.69. The summed E-state index contributed by atoms with van der Waals surface area (Å²) in [6.07, 6.45) is 5.14. The summed E-state index contributed by atoms with van der Waals surface area (Å²) in [6, 6.07) is 7.56. The van der Waals surface area contributed by atoms with Gasteiger partial charge in [-0.1, -0.05) is 33.8 Å². The average molecular weight is 474 g/mol. The molecule has 3 aromatic heterocycles. The number of nitrogens with zero attached hydrogens (tertiary/aromatic N) is 7. The lowest BCUT2D eigenvalue weighted by molar-refractivity contribution is 0.242. The molecule has 3 heterocycles. The Kier molecular flexibility index (Phi) is 4.65. The predicted molar refractivity (Wildman–Crippen MR) is 125 cm³/mol. The van der Waals surface area contributed by atoms with E-state index in [4.69, 9.17) is 4.98 Å². The molecule has 0 unspecified atom stereocenters. The highest BCUT2D eigenvalue weighted by atomic mass is 19.1. The average Bonchev–Trinajstić information content (AvgIpc) is 3.48. The molecule has 2 aliphatic rings. The normalized spacial score (nSPS) is 22.1. The van der Waals surface area contributed by atoms with E-state index >= 15 is 0 Å². The third-order valence-electron chi connectivity index (χ3n) is 7.91. The molecule has 0 saturated heterocycles. The smallest absolute Gasteiger partial charge is 0.220 e. The summed E-state index contributed by atoms with van der Waals surface area (Å²) in [4.78, 5) is 13.7. The first-order chi connectivity index (χ1) is 16.7. The van der Waals surface area contributed by atoms with Gasteiger partial charge in [0.1, 0.15) is 18.0 Å². The largest absolute Gasteiger partial charge is 0.252 e. The van der Waals surface area contributed by atoms with Crippen molar-refractivity contribution in [2.24, 2.45) is 5.41 Å². The van der Waals surface area contributed by atoms with Crippen molar-refractivity contribution < 1.29 is 8.78 Å². The molecule has 9 heteroatoms. The fourth-order valence-electron chi connectivity index (χ4n) is 6.09. The zero-order valence-electron chi connectivity index (χ0n) is 20.0. The number of benzene rings is 1. The van der Waals surface area contributed by atoms with E-state index in [-0.39, 0.29) is 28.5 Å². The van der Waals surface area contributed by atoms with Gasteiger partial charge in [-0.25, -0.2) is 23.7 Å². The van der Waals surface area contributed by atoms with E-state index in [0.29, 0.717) is 5.95 Å². The van der Waals surface area contributed by atoms with Gasteiger partial charge in [0.15, 0.2) is 5.82 Å². The summed E-state index contributed by atoms with van der Waals surface area (Å²) in [7, 11) is 0. The van der Waals surface area contributed by atoms with Crippen molar-refractivity contribution >= 4 is 0 Å². The summed E-state index contributed by atoms with van der Waals surface area (Å²) in [5.41, 5.74) is 1.99. The van der Waals surface area contributed by atoms with Gasteiger partial charge in [-0.05, 0) is 54.0 Å². The van der Waals surface area contributed by atoms with Crippen LogP contribution in [0.5, 0.6) is 0 Å². The van der Waals surface area contributed by atoms with Crippen LogP contribution in [0.3, 0.4) is 0 Å². The van der Waals surface area contributed by atoms with Crippen LogP contribution < -0.4 is 0 Å². The highest BCUT2D eigenvalue weighted by Gasteiger charge is 2.65. The molecule has 2 atom stereocenters. The molecular weight excluding hydrogens is 448 g/mol. The van der Waals surface area contributed by atoms with Gasteiger partial charge in [0, 0.05) is 12.1 Å². The Hall–Kier alpha value is -3.62. The third kappa shape index (κ3) is 2.93. The van der Waals surface area contributed by atoms with Crippen LogP contribution in [-0.4, -0.2) is 34.9 Å². The van der Waals surface area contributed by atoms with Gasteiger partial charge >= 0.3 is 0 Å². The van der Waals surface area contributed by atoms with Crippen LogP contribution in [0.15, 0.2) is 42.9 Å². The van der Waals surface area contributed by atoms with Gasteiger partial charge < -0.3 is 0 Å². The molecule has 0 amide bonds. The monoisotopic (exact) mass is 473 g/mol. The first kappa shape index (κ1) is 21.9. The number of rotatable bonds is 4. The van der Waals surface area contributed by atoms with Crippen LogP contribution in [0.2, 0.25) is 0 Å². The third-order valence-corrected chi connectivity index (χ3v) is 7.91. The maximum absolute atomic E-state index is 14.5. The van der Waals surface area contributed by atoms with Crippen molar-refractivity contribution in [2.75, 3.05) is 0 Å². The molecule has 35 heavy (non-hydrogen) atoms. The quantitative estimate of drug-likeness (QED) is 0.409. The summed E-state index contributed by atoms with van der Waals surface area (Å²) in [5, 5.41) is 13.4. The van der Waals surface area contributed by atoms with E-state index < -0.39 is 17.0 Å². The second-order valence-corrected chi connectivity index (χ2v) is 10.3.